The second-order valence-electron chi connectivity index (χ2n) is 3.85. The summed E-state index contributed by atoms with van der Waals surface area (Å²) in [6.45, 7) is 3.70. The first-order valence-corrected chi connectivity index (χ1v) is 5.57. The Morgan fingerprint density at radius 3 is 2.67 bits per heavy atom. The van der Waals surface area contributed by atoms with E-state index in [0.29, 0.717) is 18.2 Å². The van der Waals surface area contributed by atoms with Crippen LogP contribution in [0.1, 0.15) is 27.7 Å². The molecule has 1 aromatic heterocycles. The highest BCUT2D eigenvalue weighted by Gasteiger charge is 2.15. The smallest absolute Gasteiger partial charge is 0.312 e. The van der Waals surface area contributed by atoms with Crippen LogP contribution in [0.15, 0.2) is 34.7 Å². The fourth-order valence-electron chi connectivity index (χ4n) is 1.55. The first-order chi connectivity index (χ1) is 8.66. The highest BCUT2D eigenvalue weighted by atomic mass is 16.7. The molecule has 0 saturated carbocycles. The SMILES string of the molecule is Cc1nc(C)c(C(=O)NOCc2ccccc2)o1. The summed E-state index contributed by atoms with van der Waals surface area (Å²) in [4.78, 5) is 20.8. The molecule has 5 heteroatoms. The minimum absolute atomic E-state index is 0.181. The van der Waals surface area contributed by atoms with E-state index in [0.717, 1.165) is 5.56 Å². The van der Waals surface area contributed by atoms with Crippen LogP contribution in [0.2, 0.25) is 0 Å². The van der Waals surface area contributed by atoms with Crippen molar-refractivity contribution < 1.29 is 14.0 Å². The van der Waals surface area contributed by atoms with Gasteiger partial charge in [-0.1, -0.05) is 30.3 Å². The van der Waals surface area contributed by atoms with Gasteiger partial charge in [-0.15, -0.1) is 0 Å². The summed E-state index contributed by atoms with van der Waals surface area (Å²) < 4.78 is 5.18. The van der Waals surface area contributed by atoms with Crippen LogP contribution in [0, 0.1) is 13.8 Å². The lowest BCUT2D eigenvalue weighted by Crippen LogP contribution is -2.23. The number of rotatable bonds is 4. The molecule has 0 bridgehead atoms. The molecule has 0 unspecified atom stereocenters. The normalized spacial score (nSPS) is 10.3. The number of amides is 1. The summed E-state index contributed by atoms with van der Waals surface area (Å²) in [6, 6.07) is 9.56. The quantitative estimate of drug-likeness (QED) is 0.839. The predicted octanol–water partition coefficient (Wildman–Crippen LogP) is 2.15. The highest BCUT2D eigenvalue weighted by molar-refractivity contribution is 5.91. The van der Waals surface area contributed by atoms with E-state index in [-0.39, 0.29) is 5.76 Å². The van der Waals surface area contributed by atoms with Gasteiger partial charge >= 0.3 is 5.91 Å². The molecule has 18 heavy (non-hydrogen) atoms. The number of carbonyl (C=O) groups excluding carboxylic acids is 1. The molecule has 1 N–H and O–H groups in total. The number of aryl methyl sites for hydroxylation is 2. The summed E-state index contributed by atoms with van der Waals surface area (Å²) >= 11 is 0. The molecule has 0 spiro atoms. The molecule has 2 aromatic rings. The third-order valence-electron chi connectivity index (χ3n) is 2.36. The molecule has 1 amide bonds. The monoisotopic (exact) mass is 246 g/mol. The van der Waals surface area contributed by atoms with Gasteiger partial charge in [-0.05, 0) is 12.5 Å². The van der Waals surface area contributed by atoms with Crippen LogP contribution in [0.25, 0.3) is 0 Å². The van der Waals surface area contributed by atoms with Gasteiger partial charge in [0.2, 0.25) is 5.76 Å². The molecule has 0 atom stereocenters. The molecule has 5 nitrogen and oxygen atoms in total. The third kappa shape index (κ3) is 2.95. The molecule has 1 aromatic carbocycles. The number of oxazole rings is 1. The number of carbonyl (C=O) groups is 1. The van der Waals surface area contributed by atoms with Crippen molar-refractivity contribution in [3.8, 4) is 0 Å². The zero-order chi connectivity index (χ0) is 13.0. The summed E-state index contributed by atoms with van der Waals surface area (Å²) in [5.74, 6) is 0.213. The first kappa shape index (κ1) is 12.3. The average molecular weight is 246 g/mol. The Balaban J connectivity index is 1.87. The zero-order valence-electron chi connectivity index (χ0n) is 10.3. The lowest BCUT2D eigenvalue weighted by molar-refractivity contribution is 0.0211. The Bertz CT molecular complexity index is 534. The van der Waals surface area contributed by atoms with Crippen molar-refractivity contribution in [3.05, 3.63) is 53.2 Å². The van der Waals surface area contributed by atoms with Crippen molar-refractivity contribution in [2.45, 2.75) is 20.5 Å². The summed E-state index contributed by atoms with van der Waals surface area (Å²) in [5, 5.41) is 0. The van der Waals surface area contributed by atoms with Crippen LogP contribution >= 0.6 is 0 Å². The Hall–Kier alpha value is -2.14. The lowest BCUT2D eigenvalue weighted by atomic mass is 10.2. The maximum atomic E-state index is 11.7. The van der Waals surface area contributed by atoms with Gasteiger partial charge in [-0.2, -0.15) is 0 Å². The van der Waals surface area contributed by atoms with Crippen LogP contribution in [0.4, 0.5) is 0 Å². The summed E-state index contributed by atoms with van der Waals surface area (Å²) in [6.07, 6.45) is 0. The van der Waals surface area contributed by atoms with Crippen LogP contribution < -0.4 is 5.48 Å². The summed E-state index contributed by atoms with van der Waals surface area (Å²) in [5.41, 5.74) is 3.85. The van der Waals surface area contributed by atoms with Crippen LogP contribution in [0.3, 0.4) is 0 Å². The number of benzene rings is 1. The minimum Gasteiger partial charge on any atom is -0.435 e. The van der Waals surface area contributed by atoms with Crippen molar-refractivity contribution in [3.63, 3.8) is 0 Å². The van der Waals surface area contributed by atoms with E-state index in [1.807, 2.05) is 30.3 Å². The number of hydroxylamine groups is 1. The van der Waals surface area contributed by atoms with E-state index in [4.69, 9.17) is 9.25 Å². The summed E-state index contributed by atoms with van der Waals surface area (Å²) in [7, 11) is 0. The van der Waals surface area contributed by atoms with Gasteiger partial charge in [0.05, 0.1) is 12.3 Å². The number of hydrogen-bond donors (Lipinski definition) is 1. The third-order valence-corrected chi connectivity index (χ3v) is 2.36. The minimum atomic E-state index is -0.427. The van der Waals surface area contributed by atoms with E-state index in [2.05, 4.69) is 10.5 Å². The van der Waals surface area contributed by atoms with Crippen LogP contribution in [-0.2, 0) is 11.4 Å². The fraction of sp³-hybridized carbons (Fsp3) is 0.231. The van der Waals surface area contributed by atoms with E-state index in [1.54, 1.807) is 13.8 Å². The van der Waals surface area contributed by atoms with Crippen molar-refractivity contribution in [1.82, 2.24) is 10.5 Å². The number of aromatic nitrogens is 1. The van der Waals surface area contributed by atoms with E-state index < -0.39 is 5.91 Å². The highest BCUT2D eigenvalue weighted by Crippen LogP contribution is 2.09. The van der Waals surface area contributed by atoms with Crippen LogP contribution in [-0.4, -0.2) is 10.9 Å². The van der Waals surface area contributed by atoms with E-state index in [1.165, 1.54) is 0 Å². The number of hydrogen-bond acceptors (Lipinski definition) is 4. The molecule has 0 aliphatic rings. The molecule has 2 rings (SSSR count). The number of nitrogens with zero attached hydrogens (tertiary/aromatic N) is 1. The van der Waals surface area contributed by atoms with Gasteiger partial charge in [0, 0.05) is 6.92 Å². The Labute approximate surface area is 105 Å². The van der Waals surface area contributed by atoms with Gasteiger partial charge < -0.3 is 4.42 Å². The van der Waals surface area contributed by atoms with Crippen molar-refractivity contribution in [1.29, 1.82) is 0 Å². The van der Waals surface area contributed by atoms with Crippen molar-refractivity contribution in [2.24, 2.45) is 0 Å². The molecule has 0 fully saturated rings. The molecule has 0 saturated heterocycles. The number of nitrogens with one attached hydrogen (secondary N) is 1. The standard InChI is InChI=1S/C13H14N2O3/c1-9-12(18-10(2)14-9)13(16)15-17-8-11-6-4-3-5-7-11/h3-7H,8H2,1-2H3,(H,15,16). The predicted molar refractivity (Wildman–Crippen MR) is 64.7 cm³/mol. The van der Waals surface area contributed by atoms with Gasteiger partial charge in [0.15, 0.2) is 5.89 Å². The second-order valence-corrected chi connectivity index (χ2v) is 3.85. The van der Waals surface area contributed by atoms with Crippen LogP contribution in [0.5, 0.6) is 0 Å². The maximum Gasteiger partial charge on any atom is 0.312 e. The van der Waals surface area contributed by atoms with Gasteiger partial charge in [-0.3, -0.25) is 9.63 Å². The van der Waals surface area contributed by atoms with Crippen molar-refractivity contribution in [2.75, 3.05) is 0 Å². The molecule has 0 radical (unpaired) electrons. The topological polar surface area (TPSA) is 64.4 Å². The van der Waals surface area contributed by atoms with E-state index in [9.17, 15) is 4.79 Å². The van der Waals surface area contributed by atoms with Crippen molar-refractivity contribution >= 4 is 5.91 Å². The Morgan fingerprint density at radius 1 is 1.33 bits per heavy atom. The average Bonchev–Trinajstić information content (AvgIpc) is 2.70. The van der Waals surface area contributed by atoms with Gasteiger partial charge in [0.1, 0.15) is 0 Å². The maximum absolute atomic E-state index is 11.7. The molecular weight excluding hydrogens is 232 g/mol. The fourth-order valence-corrected chi connectivity index (χ4v) is 1.55. The Kier molecular flexibility index (Phi) is 3.74. The van der Waals surface area contributed by atoms with Gasteiger partial charge in [0.25, 0.3) is 0 Å². The molecular formula is C13H14N2O3. The second kappa shape index (κ2) is 5.46. The first-order valence-electron chi connectivity index (χ1n) is 5.57. The molecule has 1 heterocycles. The zero-order valence-corrected chi connectivity index (χ0v) is 10.3. The van der Waals surface area contributed by atoms with Gasteiger partial charge in [-0.25, -0.2) is 10.5 Å². The molecule has 94 valence electrons. The molecule has 0 aliphatic carbocycles. The lowest BCUT2D eigenvalue weighted by Gasteiger charge is -2.04. The largest absolute Gasteiger partial charge is 0.435 e. The van der Waals surface area contributed by atoms with E-state index >= 15 is 0 Å². The Morgan fingerprint density at radius 2 is 2.06 bits per heavy atom. The molecule has 0 aliphatic heterocycles.